The number of nitrogens with zero attached hydrogens (tertiary/aromatic N) is 1. The van der Waals surface area contributed by atoms with Crippen LogP contribution in [0.4, 0.5) is 4.39 Å². The number of carbonyl (C=O) groups excluding carboxylic acids is 1. The maximum Gasteiger partial charge on any atom is 0.358 e. The summed E-state index contributed by atoms with van der Waals surface area (Å²) in [4.78, 5) is 11.6. The molecule has 4 heteroatoms. The summed E-state index contributed by atoms with van der Waals surface area (Å²) < 4.78 is 19.9. The second kappa shape index (κ2) is 4.82. The fraction of sp³-hybridized carbons (Fsp3) is 0.154. The summed E-state index contributed by atoms with van der Waals surface area (Å²) in [7, 11) is 0. The van der Waals surface area contributed by atoms with Crippen LogP contribution in [0.1, 0.15) is 17.4 Å². The van der Waals surface area contributed by atoms with Crippen molar-refractivity contribution in [2.45, 2.75) is 6.92 Å². The fourth-order valence-electron chi connectivity index (χ4n) is 1.61. The third-order valence-electron chi connectivity index (χ3n) is 2.34. The molecule has 3 nitrogen and oxygen atoms in total. The van der Waals surface area contributed by atoms with E-state index < -0.39 is 11.8 Å². The van der Waals surface area contributed by atoms with Crippen molar-refractivity contribution in [1.82, 2.24) is 4.57 Å². The molecule has 17 heavy (non-hydrogen) atoms. The first-order valence-electron chi connectivity index (χ1n) is 5.33. The fourth-order valence-corrected chi connectivity index (χ4v) is 1.61. The van der Waals surface area contributed by atoms with Crippen LogP contribution in [0, 0.1) is 5.82 Å². The van der Waals surface area contributed by atoms with Gasteiger partial charge < -0.3 is 9.30 Å². The zero-order chi connectivity index (χ0) is 12.3. The lowest BCUT2D eigenvalue weighted by Gasteiger charge is -2.08. The third-order valence-corrected chi connectivity index (χ3v) is 2.34. The van der Waals surface area contributed by atoms with Gasteiger partial charge in [-0.1, -0.05) is 18.2 Å². The number of ether oxygens (including phenoxy) is 1. The lowest BCUT2D eigenvalue weighted by atomic mass is 10.3. The van der Waals surface area contributed by atoms with Crippen molar-refractivity contribution in [1.29, 1.82) is 0 Å². The Labute approximate surface area is 98.4 Å². The molecule has 0 aliphatic heterocycles. The summed E-state index contributed by atoms with van der Waals surface area (Å²) in [6.07, 6.45) is 1.51. The monoisotopic (exact) mass is 233 g/mol. The molecule has 88 valence electrons. The van der Waals surface area contributed by atoms with Crippen molar-refractivity contribution in [2.24, 2.45) is 0 Å². The van der Waals surface area contributed by atoms with E-state index >= 15 is 0 Å². The van der Waals surface area contributed by atoms with Crippen LogP contribution < -0.4 is 0 Å². The zero-order valence-electron chi connectivity index (χ0n) is 9.39. The number of rotatable bonds is 3. The standard InChI is InChI=1S/C13H12FNO2/c1-2-17-13(16)12-11(14)8-9-15(12)10-6-4-3-5-7-10/h3-9H,2H2,1H3. The van der Waals surface area contributed by atoms with Gasteiger partial charge in [0.15, 0.2) is 11.5 Å². The first-order chi connectivity index (χ1) is 8.24. The Morgan fingerprint density at radius 3 is 2.65 bits per heavy atom. The Balaban J connectivity index is 2.46. The Morgan fingerprint density at radius 2 is 2.00 bits per heavy atom. The van der Waals surface area contributed by atoms with Crippen LogP contribution in [0.3, 0.4) is 0 Å². The highest BCUT2D eigenvalue weighted by atomic mass is 19.1. The molecular formula is C13H12FNO2. The molecule has 2 rings (SSSR count). The van der Waals surface area contributed by atoms with Gasteiger partial charge in [0.2, 0.25) is 0 Å². The van der Waals surface area contributed by atoms with E-state index in [-0.39, 0.29) is 12.3 Å². The summed E-state index contributed by atoms with van der Waals surface area (Å²) in [5.41, 5.74) is 0.650. The molecule has 0 bridgehead atoms. The number of hydrogen-bond donors (Lipinski definition) is 0. The summed E-state index contributed by atoms with van der Waals surface area (Å²) in [6.45, 7) is 1.91. The zero-order valence-corrected chi connectivity index (χ0v) is 9.39. The molecule has 0 saturated heterocycles. The average molecular weight is 233 g/mol. The summed E-state index contributed by atoms with van der Waals surface area (Å²) in [5.74, 6) is -1.23. The molecule has 0 atom stereocenters. The molecule has 0 aliphatic carbocycles. The molecule has 0 spiro atoms. The van der Waals surface area contributed by atoms with Crippen LogP contribution in [0.2, 0.25) is 0 Å². The number of benzene rings is 1. The minimum atomic E-state index is -0.654. The lowest BCUT2D eigenvalue weighted by Crippen LogP contribution is -2.12. The predicted molar refractivity (Wildman–Crippen MR) is 61.7 cm³/mol. The van der Waals surface area contributed by atoms with E-state index in [2.05, 4.69) is 0 Å². The molecule has 2 aromatic rings. The van der Waals surface area contributed by atoms with E-state index in [1.54, 1.807) is 19.1 Å². The van der Waals surface area contributed by atoms with Crippen molar-refractivity contribution < 1.29 is 13.9 Å². The Morgan fingerprint density at radius 1 is 1.29 bits per heavy atom. The summed E-state index contributed by atoms with van der Waals surface area (Å²) in [5, 5.41) is 0. The largest absolute Gasteiger partial charge is 0.461 e. The van der Waals surface area contributed by atoms with Crippen molar-refractivity contribution in [2.75, 3.05) is 6.61 Å². The van der Waals surface area contributed by atoms with Gasteiger partial charge in [-0.15, -0.1) is 0 Å². The van der Waals surface area contributed by atoms with Crippen LogP contribution in [-0.4, -0.2) is 17.1 Å². The SMILES string of the molecule is CCOC(=O)c1c(F)ccn1-c1ccccc1. The number of hydrogen-bond acceptors (Lipinski definition) is 2. The molecule has 0 aliphatic rings. The van der Waals surface area contributed by atoms with E-state index in [0.29, 0.717) is 0 Å². The topological polar surface area (TPSA) is 31.2 Å². The van der Waals surface area contributed by atoms with Crippen LogP contribution in [0.15, 0.2) is 42.6 Å². The first-order valence-corrected chi connectivity index (χ1v) is 5.33. The highest BCUT2D eigenvalue weighted by molar-refractivity contribution is 5.88. The van der Waals surface area contributed by atoms with Gasteiger partial charge in [-0.25, -0.2) is 9.18 Å². The van der Waals surface area contributed by atoms with Crippen molar-refractivity contribution in [3.8, 4) is 5.69 Å². The molecule has 0 unspecified atom stereocenters. The van der Waals surface area contributed by atoms with Crippen molar-refractivity contribution in [3.63, 3.8) is 0 Å². The normalized spacial score (nSPS) is 10.2. The minimum Gasteiger partial charge on any atom is -0.461 e. The smallest absolute Gasteiger partial charge is 0.358 e. The van der Waals surface area contributed by atoms with Crippen molar-refractivity contribution >= 4 is 5.97 Å². The van der Waals surface area contributed by atoms with E-state index in [9.17, 15) is 9.18 Å². The molecule has 1 heterocycles. The number of halogens is 1. The summed E-state index contributed by atoms with van der Waals surface area (Å²) >= 11 is 0. The molecule has 1 aromatic heterocycles. The van der Waals surface area contributed by atoms with Gasteiger partial charge in [-0.2, -0.15) is 0 Å². The molecule has 0 N–H and O–H groups in total. The van der Waals surface area contributed by atoms with Gasteiger partial charge >= 0.3 is 5.97 Å². The first kappa shape index (κ1) is 11.4. The van der Waals surface area contributed by atoms with Gasteiger partial charge in [0.1, 0.15) is 0 Å². The number of para-hydroxylation sites is 1. The van der Waals surface area contributed by atoms with Gasteiger partial charge in [0.25, 0.3) is 0 Å². The van der Waals surface area contributed by atoms with Gasteiger partial charge in [-0.05, 0) is 25.1 Å². The third kappa shape index (κ3) is 2.20. The lowest BCUT2D eigenvalue weighted by molar-refractivity contribution is 0.0511. The maximum absolute atomic E-state index is 13.5. The number of aromatic nitrogens is 1. The van der Waals surface area contributed by atoms with Crippen LogP contribution in [0.5, 0.6) is 0 Å². The number of esters is 1. The second-order valence-electron chi connectivity index (χ2n) is 3.44. The quantitative estimate of drug-likeness (QED) is 0.763. The maximum atomic E-state index is 13.5. The van der Waals surface area contributed by atoms with Crippen molar-refractivity contribution in [3.05, 3.63) is 54.1 Å². The minimum absolute atomic E-state index is 0.0712. The van der Waals surface area contributed by atoms with Crippen LogP contribution in [0.25, 0.3) is 5.69 Å². The average Bonchev–Trinajstić information content (AvgIpc) is 2.73. The Kier molecular flexibility index (Phi) is 3.23. The van der Waals surface area contributed by atoms with Crippen LogP contribution in [-0.2, 0) is 4.74 Å². The van der Waals surface area contributed by atoms with E-state index in [1.165, 1.54) is 16.8 Å². The molecule has 0 radical (unpaired) electrons. The molecule has 1 aromatic carbocycles. The molecular weight excluding hydrogens is 221 g/mol. The second-order valence-corrected chi connectivity index (χ2v) is 3.44. The Bertz CT molecular complexity index is 519. The van der Waals surface area contributed by atoms with E-state index in [1.807, 2.05) is 18.2 Å². The van der Waals surface area contributed by atoms with Gasteiger partial charge in [0, 0.05) is 11.9 Å². The molecule has 0 amide bonds. The highest BCUT2D eigenvalue weighted by Gasteiger charge is 2.19. The molecule has 0 fully saturated rings. The van der Waals surface area contributed by atoms with E-state index in [4.69, 9.17) is 4.74 Å². The van der Waals surface area contributed by atoms with Gasteiger partial charge in [-0.3, -0.25) is 0 Å². The summed E-state index contributed by atoms with van der Waals surface area (Å²) in [6, 6.07) is 10.3. The van der Waals surface area contributed by atoms with E-state index in [0.717, 1.165) is 5.69 Å². The van der Waals surface area contributed by atoms with Crippen LogP contribution >= 0.6 is 0 Å². The van der Waals surface area contributed by atoms with Gasteiger partial charge in [0.05, 0.1) is 6.61 Å². The Hall–Kier alpha value is -2.10. The molecule has 0 saturated carbocycles. The predicted octanol–water partition coefficient (Wildman–Crippen LogP) is 2.79. The number of carbonyl (C=O) groups is 1. The highest BCUT2D eigenvalue weighted by Crippen LogP contribution is 2.17.